The highest BCUT2D eigenvalue weighted by Crippen LogP contribution is 2.32. The fraction of sp³-hybridized carbons (Fsp3) is 0.100. The van der Waals surface area contributed by atoms with Crippen molar-refractivity contribution < 1.29 is 14.3 Å². The van der Waals surface area contributed by atoms with Crippen LogP contribution in [0.4, 0.5) is 5.69 Å². The number of pyridine rings is 1. The Morgan fingerprint density at radius 1 is 1.19 bits per heavy atom. The fourth-order valence-electron chi connectivity index (χ4n) is 2.64. The van der Waals surface area contributed by atoms with Gasteiger partial charge in [0.25, 0.3) is 5.91 Å². The third kappa shape index (κ3) is 3.60. The summed E-state index contributed by atoms with van der Waals surface area (Å²) in [6.45, 7) is 0.741. The Morgan fingerprint density at radius 3 is 2.92 bits per heavy atom. The maximum absolute atomic E-state index is 12.8. The quantitative estimate of drug-likeness (QED) is 0.639. The van der Waals surface area contributed by atoms with E-state index in [1.165, 1.54) is 0 Å². The fourth-order valence-corrected chi connectivity index (χ4v) is 3.34. The molecule has 0 atom stereocenters. The van der Waals surface area contributed by atoms with E-state index in [-0.39, 0.29) is 12.7 Å². The molecule has 0 fully saturated rings. The van der Waals surface area contributed by atoms with Gasteiger partial charge in [0.15, 0.2) is 11.5 Å². The second kappa shape index (κ2) is 7.41. The highest BCUT2D eigenvalue weighted by molar-refractivity contribution is 7.09. The largest absolute Gasteiger partial charge is 0.454 e. The third-order valence-electron chi connectivity index (χ3n) is 3.93. The zero-order chi connectivity index (χ0) is 17.8. The lowest BCUT2D eigenvalue weighted by atomic mass is 10.2. The Kier molecular flexibility index (Phi) is 4.66. The van der Waals surface area contributed by atoms with Crippen LogP contribution >= 0.6 is 11.3 Å². The Balaban J connectivity index is 1.56. The van der Waals surface area contributed by atoms with E-state index in [0.29, 0.717) is 12.3 Å². The van der Waals surface area contributed by atoms with Crippen LogP contribution in [0.1, 0.15) is 10.4 Å². The lowest BCUT2D eigenvalue weighted by molar-refractivity contribution is -0.114. The first-order valence-electron chi connectivity index (χ1n) is 8.11. The van der Waals surface area contributed by atoms with Gasteiger partial charge in [0.2, 0.25) is 6.79 Å². The number of carbonyl (C=O) groups is 1. The molecule has 3 heterocycles. The molecule has 3 aromatic rings. The van der Waals surface area contributed by atoms with Crippen molar-refractivity contribution in [1.29, 1.82) is 0 Å². The number of thiophene rings is 1. The number of fused-ring (bicyclic) bond motifs is 1. The molecule has 0 saturated carbocycles. The SMILES string of the molecule is O=C(C=Cc1ccc2c(c1)OCO2)N(Cc1cccs1)c1cccnc1. The molecule has 0 unspecified atom stereocenters. The lowest BCUT2D eigenvalue weighted by Crippen LogP contribution is -2.28. The molecule has 2 aromatic heterocycles. The number of amides is 1. The van der Waals surface area contributed by atoms with E-state index in [2.05, 4.69) is 4.98 Å². The molecule has 0 spiro atoms. The van der Waals surface area contributed by atoms with Crippen molar-refractivity contribution >= 4 is 29.0 Å². The van der Waals surface area contributed by atoms with Crippen LogP contribution in [0.5, 0.6) is 11.5 Å². The summed E-state index contributed by atoms with van der Waals surface area (Å²) in [7, 11) is 0. The summed E-state index contributed by atoms with van der Waals surface area (Å²) in [5, 5.41) is 2.00. The molecule has 6 heteroatoms. The number of hydrogen-bond donors (Lipinski definition) is 0. The molecule has 0 saturated heterocycles. The summed E-state index contributed by atoms with van der Waals surface area (Å²) >= 11 is 1.62. The predicted octanol–water partition coefficient (Wildman–Crippen LogP) is 4.12. The van der Waals surface area contributed by atoms with Gasteiger partial charge in [0.1, 0.15) is 0 Å². The van der Waals surface area contributed by atoms with Crippen molar-refractivity contribution in [2.24, 2.45) is 0 Å². The normalized spacial score (nSPS) is 12.5. The molecule has 26 heavy (non-hydrogen) atoms. The molecule has 0 bridgehead atoms. The number of aromatic nitrogens is 1. The van der Waals surface area contributed by atoms with E-state index in [9.17, 15) is 4.79 Å². The predicted molar refractivity (Wildman–Crippen MR) is 101 cm³/mol. The zero-order valence-electron chi connectivity index (χ0n) is 13.9. The van der Waals surface area contributed by atoms with E-state index in [1.54, 1.807) is 40.8 Å². The Hall–Kier alpha value is -3.12. The summed E-state index contributed by atoms with van der Waals surface area (Å²) in [6.07, 6.45) is 6.74. The van der Waals surface area contributed by atoms with Crippen molar-refractivity contribution in [3.8, 4) is 11.5 Å². The van der Waals surface area contributed by atoms with Crippen LogP contribution in [0, 0.1) is 0 Å². The topological polar surface area (TPSA) is 51.7 Å². The van der Waals surface area contributed by atoms with Crippen LogP contribution in [-0.2, 0) is 11.3 Å². The van der Waals surface area contributed by atoms with Gasteiger partial charge in [0, 0.05) is 17.2 Å². The molecular formula is C20H16N2O3S. The van der Waals surface area contributed by atoms with Crippen molar-refractivity contribution in [2.45, 2.75) is 6.54 Å². The van der Waals surface area contributed by atoms with Crippen LogP contribution in [0.3, 0.4) is 0 Å². The molecule has 4 rings (SSSR count). The van der Waals surface area contributed by atoms with Gasteiger partial charge < -0.3 is 14.4 Å². The first-order valence-corrected chi connectivity index (χ1v) is 8.99. The van der Waals surface area contributed by atoms with Gasteiger partial charge in [-0.25, -0.2) is 0 Å². The maximum Gasteiger partial charge on any atom is 0.251 e. The molecule has 1 aliphatic heterocycles. The molecular weight excluding hydrogens is 348 g/mol. The zero-order valence-corrected chi connectivity index (χ0v) is 14.7. The van der Waals surface area contributed by atoms with Gasteiger partial charge in [-0.05, 0) is 47.4 Å². The molecule has 0 N–H and O–H groups in total. The Bertz CT molecular complexity index is 923. The second-order valence-corrected chi connectivity index (χ2v) is 6.69. The summed E-state index contributed by atoms with van der Waals surface area (Å²) in [5.41, 5.74) is 1.64. The highest BCUT2D eigenvalue weighted by Gasteiger charge is 2.15. The maximum atomic E-state index is 12.8. The number of anilines is 1. The monoisotopic (exact) mass is 364 g/mol. The molecule has 130 valence electrons. The van der Waals surface area contributed by atoms with Gasteiger partial charge in [-0.3, -0.25) is 9.78 Å². The molecule has 0 aliphatic carbocycles. The Morgan fingerprint density at radius 2 is 2.12 bits per heavy atom. The third-order valence-corrected chi connectivity index (χ3v) is 4.79. The molecule has 1 aliphatic rings. The van der Waals surface area contributed by atoms with Gasteiger partial charge in [-0.1, -0.05) is 12.1 Å². The summed E-state index contributed by atoms with van der Waals surface area (Å²) in [4.78, 5) is 19.8. The van der Waals surface area contributed by atoms with Crippen LogP contribution in [-0.4, -0.2) is 17.7 Å². The summed E-state index contributed by atoms with van der Waals surface area (Å²) in [5.74, 6) is 1.31. The van der Waals surface area contributed by atoms with E-state index in [0.717, 1.165) is 21.9 Å². The van der Waals surface area contributed by atoms with Crippen LogP contribution < -0.4 is 14.4 Å². The Labute approximate surface area is 155 Å². The van der Waals surface area contributed by atoms with Crippen molar-refractivity contribution in [1.82, 2.24) is 4.98 Å². The van der Waals surface area contributed by atoms with E-state index in [4.69, 9.17) is 9.47 Å². The summed E-state index contributed by atoms with van der Waals surface area (Å²) < 4.78 is 10.7. The molecule has 1 aromatic carbocycles. The first-order chi connectivity index (χ1) is 12.8. The molecule has 5 nitrogen and oxygen atoms in total. The smallest absolute Gasteiger partial charge is 0.251 e. The van der Waals surface area contributed by atoms with Crippen molar-refractivity contribution in [2.75, 3.05) is 11.7 Å². The van der Waals surface area contributed by atoms with Gasteiger partial charge in [-0.15, -0.1) is 11.3 Å². The van der Waals surface area contributed by atoms with E-state index in [1.807, 2.05) is 47.8 Å². The number of benzene rings is 1. The van der Waals surface area contributed by atoms with Crippen LogP contribution in [0.15, 0.2) is 66.3 Å². The highest BCUT2D eigenvalue weighted by atomic mass is 32.1. The van der Waals surface area contributed by atoms with Crippen LogP contribution in [0.2, 0.25) is 0 Å². The number of hydrogen-bond acceptors (Lipinski definition) is 5. The van der Waals surface area contributed by atoms with E-state index >= 15 is 0 Å². The van der Waals surface area contributed by atoms with Crippen molar-refractivity contribution in [3.05, 3.63) is 76.8 Å². The van der Waals surface area contributed by atoms with Gasteiger partial charge >= 0.3 is 0 Å². The summed E-state index contributed by atoms with van der Waals surface area (Å²) in [6, 6.07) is 13.3. The average Bonchev–Trinajstić information content (AvgIpc) is 3.36. The first kappa shape index (κ1) is 16.4. The number of rotatable bonds is 5. The molecule has 0 radical (unpaired) electrons. The number of nitrogens with zero attached hydrogens (tertiary/aromatic N) is 2. The number of carbonyl (C=O) groups excluding carboxylic acids is 1. The second-order valence-electron chi connectivity index (χ2n) is 5.66. The lowest BCUT2D eigenvalue weighted by Gasteiger charge is -2.20. The van der Waals surface area contributed by atoms with Crippen molar-refractivity contribution in [3.63, 3.8) is 0 Å². The van der Waals surface area contributed by atoms with Gasteiger partial charge in [0.05, 0.1) is 18.4 Å². The minimum absolute atomic E-state index is 0.107. The minimum Gasteiger partial charge on any atom is -0.454 e. The number of ether oxygens (including phenoxy) is 2. The standard InChI is InChI=1S/C20H16N2O3S/c23-20(8-6-15-5-7-18-19(11-15)25-14-24-18)22(13-17-4-2-10-26-17)16-3-1-9-21-12-16/h1-12H,13-14H2. The van der Waals surface area contributed by atoms with Crippen LogP contribution in [0.25, 0.3) is 6.08 Å². The van der Waals surface area contributed by atoms with E-state index < -0.39 is 0 Å². The average molecular weight is 364 g/mol. The molecule has 1 amide bonds. The minimum atomic E-state index is -0.107. The van der Waals surface area contributed by atoms with Gasteiger partial charge in [-0.2, -0.15) is 0 Å².